The summed E-state index contributed by atoms with van der Waals surface area (Å²) in [7, 11) is -0.305. The fourth-order valence-electron chi connectivity index (χ4n) is 2.37. The summed E-state index contributed by atoms with van der Waals surface area (Å²) < 4.78 is 28.3. The lowest BCUT2D eigenvalue weighted by atomic mass is 9.90. The van der Waals surface area contributed by atoms with Gasteiger partial charge in [0.05, 0.1) is 31.0 Å². The molecule has 0 amide bonds. The molecule has 5 nitrogen and oxygen atoms in total. The number of ether oxygens (including phenoxy) is 3. The highest BCUT2D eigenvalue weighted by molar-refractivity contribution is 6.51. The third-order valence-electron chi connectivity index (χ3n) is 4.45. The average Bonchev–Trinajstić information content (AvgIpc) is 2.67. The molecule has 2 rings (SSSR count). The maximum absolute atomic E-state index is 5.87. The van der Waals surface area contributed by atoms with E-state index in [0.717, 1.165) is 19.4 Å². The molecule has 2 saturated heterocycles. The minimum Gasteiger partial charge on any atom is -0.400 e. The van der Waals surface area contributed by atoms with Crippen LogP contribution in [-0.2, 0) is 23.5 Å². The Morgan fingerprint density at radius 3 is 2.45 bits per heavy atom. The first-order chi connectivity index (χ1) is 10.4. The predicted octanol–water partition coefficient (Wildman–Crippen LogP) is 2.73. The first-order valence-corrected chi connectivity index (χ1v) is 8.24. The average molecular weight is 312 g/mol. The van der Waals surface area contributed by atoms with Gasteiger partial charge >= 0.3 is 7.12 Å². The van der Waals surface area contributed by atoms with E-state index in [2.05, 4.69) is 0 Å². The van der Waals surface area contributed by atoms with Gasteiger partial charge in [0.1, 0.15) is 0 Å². The first kappa shape index (κ1) is 18.0. The maximum atomic E-state index is 5.87. The minimum atomic E-state index is -0.305. The molecule has 2 aliphatic heterocycles. The van der Waals surface area contributed by atoms with E-state index in [-0.39, 0.29) is 24.6 Å². The van der Waals surface area contributed by atoms with Crippen molar-refractivity contribution in [3.63, 3.8) is 0 Å². The van der Waals surface area contributed by atoms with Gasteiger partial charge in [-0.05, 0) is 47.0 Å². The first-order valence-electron chi connectivity index (χ1n) is 8.24. The van der Waals surface area contributed by atoms with Gasteiger partial charge in [-0.25, -0.2) is 0 Å². The Morgan fingerprint density at radius 1 is 1.09 bits per heavy atom. The second-order valence-corrected chi connectivity index (χ2v) is 6.79. The molecular weight excluding hydrogens is 283 g/mol. The molecule has 0 saturated carbocycles. The van der Waals surface area contributed by atoms with Crippen molar-refractivity contribution in [3.05, 3.63) is 12.1 Å². The topological polar surface area (TPSA) is 46.2 Å². The monoisotopic (exact) mass is 312 g/mol. The Bertz CT molecular complexity index is 348. The van der Waals surface area contributed by atoms with Crippen LogP contribution in [0.2, 0.25) is 0 Å². The molecule has 2 heterocycles. The van der Waals surface area contributed by atoms with Crippen molar-refractivity contribution >= 4 is 7.12 Å². The fourth-order valence-corrected chi connectivity index (χ4v) is 2.37. The Labute approximate surface area is 134 Å². The van der Waals surface area contributed by atoms with Crippen LogP contribution in [0.5, 0.6) is 0 Å². The summed E-state index contributed by atoms with van der Waals surface area (Å²) in [5.74, 6) is 1.90. The van der Waals surface area contributed by atoms with E-state index in [1.807, 2.05) is 39.7 Å². The summed E-state index contributed by atoms with van der Waals surface area (Å²) in [6, 6.07) is 0. The van der Waals surface area contributed by atoms with E-state index in [1.165, 1.54) is 6.42 Å². The van der Waals surface area contributed by atoms with Crippen molar-refractivity contribution in [1.82, 2.24) is 0 Å². The molecule has 0 aromatic carbocycles. The van der Waals surface area contributed by atoms with Crippen molar-refractivity contribution in [3.8, 4) is 0 Å². The van der Waals surface area contributed by atoms with Crippen LogP contribution in [0.25, 0.3) is 0 Å². The van der Waals surface area contributed by atoms with Crippen molar-refractivity contribution in [1.29, 1.82) is 0 Å². The minimum absolute atomic E-state index is 0.0438. The molecule has 2 aliphatic rings. The van der Waals surface area contributed by atoms with Crippen LogP contribution in [0.4, 0.5) is 0 Å². The highest BCUT2D eigenvalue weighted by Crippen LogP contribution is 2.36. The second kappa shape index (κ2) is 7.93. The van der Waals surface area contributed by atoms with Crippen LogP contribution >= 0.6 is 0 Å². The molecule has 0 aliphatic carbocycles. The van der Waals surface area contributed by atoms with Crippen LogP contribution in [0.1, 0.15) is 47.0 Å². The van der Waals surface area contributed by atoms with E-state index in [1.54, 1.807) is 0 Å². The molecule has 0 aromatic heterocycles. The van der Waals surface area contributed by atoms with Crippen molar-refractivity contribution < 1.29 is 23.5 Å². The molecule has 2 fully saturated rings. The molecule has 6 heteroatoms. The zero-order valence-electron chi connectivity index (χ0n) is 14.3. The Hall–Kier alpha value is -0.395. The molecular formula is C16H29BO5. The summed E-state index contributed by atoms with van der Waals surface area (Å²) in [5, 5.41) is 0. The summed E-state index contributed by atoms with van der Waals surface area (Å²) in [5.41, 5.74) is -0.590. The third-order valence-corrected chi connectivity index (χ3v) is 4.45. The highest BCUT2D eigenvalue weighted by atomic mass is 16.7. The lowest BCUT2D eigenvalue weighted by Gasteiger charge is -2.32. The zero-order chi connectivity index (χ0) is 16.1. The van der Waals surface area contributed by atoms with Gasteiger partial charge in [0.15, 0.2) is 6.29 Å². The van der Waals surface area contributed by atoms with Crippen LogP contribution in [0, 0.1) is 0 Å². The molecule has 0 radical (unpaired) electrons. The van der Waals surface area contributed by atoms with Crippen LogP contribution in [-0.4, -0.2) is 51.0 Å². The summed E-state index contributed by atoms with van der Waals surface area (Å²) in [4.78, 5) is 0. The summed E-state index contributed by atoms with van der Waals surface area (Å²) >= 11 is 0. The van der Waals surface area contributed by atoms with E-state index >= 15 is 0 Å². The third kappa shape index (κ3) is 5.06. The smallest absolute Gasteiger partial charge is 0.400 e. The van der Waals surface area contributed by atoms with Crippen LogP contribution in [0.15, 0.2) is 12.1 Å². The van der Waals surface area contributed by atoms with Crippen molar-refractivity contribution in [2.75, 3.05) is 26.4 Å². The maximum Gasteiger partial charge on any atom is 0.486 e. The lowest BCUT2D eigenvalue weighted by Crippen LogP contribution is -2.41. The number of hydrogen-bond acceptors (Lipinski definition) is 5. The Morgan fingerprint density at radius 2 is 1.82 bits per heavy atom. The lowest BCUT2D eigenvalue weighted by molar-refractivity contribution is -0.168. The van der Waals surface area contributed by atoms with E-state index in [9.17, 15) is 0 Å². The summed E-state index contributed by atoms with van der Waals surface area (Å²) in [6.45, 7) is 10.6. The molecule has 0 N–H and O–H groups in total. The van der Waals surface area contributed by atoms with Crippen molar-refractivity contribution in [2.45, 2.75) is 64.4 Å². The van der Waals surface area contributed by atoms with Gasteiger partial charge in [-0.2, -0.15) is 0 Å². The number of hydrogen-bond donors (Lipinski definition) is 0. The van der Waals surface area contributed by atoms with Gasteiger partial charge in [-0.1, -0.05) is 12.1 Å². The van der Waals surface area contributed by atoms with Gasteiger partial charge in [-0.3, -0.25) is 0 Å². The summed E-state index contributed by atoms with van der Waals surface area (Å²) in [6.07, 6.45) is 5.20. The van der Waals surface area contributed by atoms with Crippen molar-refractivity contribution in [2.24, 2.45) is 0 Å². The van der Waals surface area contributed by atoms with Gasteiger partial charge in [-0.15, -0.1) is 0 Å². The Balaban J connectivity index is 1.53. The standard InChI is InChI=1S/C16H29BO5/c1-15(2)16(3,4)22-17(21-15)9-7-10-18-12-13-20-14-8-5-6-11-19-14/h7,9,14H,5-6,8,10-13H2,1-4H3/b9-7+/t14-/m0/s1. The molecule has 1 atom stereocenters. The second-order valence-electron chi connectivity index (χ2n) is 6.79. The quantitative estimate of drug-likeness (QED) is 0.534. The van der Waals surface area contributed by atoms with Gasteiger partial charge in [0, 0.05) is 6.61 Å². The Kier molecular flexibility index (Phi) is 6.47. The predicted molar refractivity (Wildman–Crippen MR) is 85.6 cm³/mol. The van der Waals surface area contributed by atoms with Gasteiger partial charge in [0.2, 0.25) is 0 Å². The van der Waals surface area contributed by atoms with Gasteiger partial charge in [0.25, 0.3) is 0 Å². The molecule has 126 valence electrons. The van der Waals surface area contributed by atoms with E-state index in [4.69, 9.17) is 23.5 Å². The molecule has 0 bridgehead atoms. The van der Waals surface area contributed by atoms with E-state index < -0.39 is 0 Å². The fraction of sp³-hybridized carbons (Fsp3) is 0.875. The van der Waals surface area contributed by atoms with Gasteiger partial charge < -0.3 is 23.5 Å². The molecule has 22 heavy (non-hydrogen) atoms. The zero-order valence-corrected chi connectivity index (χ0v) is 14.3. The van der Waals surface area contributed by atoms with Crippen LogP contribution < -0.4 is 0 Å². The van der Waals surface area contributed by atoms with E-state index in [0.29, 0.717) is 19.8 Å². The largest absolute Gasteiger partial charge is 0.486 e. The molecule has 0 aromatic rings. The molecule has 0 unspecified atom stereocenters. The number of rotatable bonds is 7. The molecule has 0 spiro atoms. The SMILES string of the molecule is CC1(C)OB(/C=C/COCCO[C@H]2CCCCO2)OC1(C)C. The van der Waals surface area contributed by atoms with Crippen LogP contribution in [0.3, 0.4) is 0 Å². The highest BCUT2D eigenvalue weighted by Gasteiger charge is 2.49. The normalized spacial score (nSPS) is 27.6.